The van der Waals surface area contributed by atoms with Crippen molar-refractivity contribution < 1.29 is 9.90 Å². The van der Waals surface area contributed by atoms with E-state index in [1.165, 1.54) is 9.75 Å². The zero-order chi connectivity index (χ0) is 13.6. The molecule has 2 aliphatic rings. The summed E-state index contributed by atoms with van der Waals surface area (Å²) in [6.45, 7) is 4.65. The minimum absolute atomic E-state index is 0.352. The Morgan fingerprint density at radius 3 is 3.05 bits per heavy atom. The fraction of sp³-hybridized carbons (Fsp3) is 0.643. The number of thiophene rings is 1. The Hall–Kier alpha value is -0.390. The second-order valence-corrected chi connectivity index (χ2v) is 8.04. The highest BCUT2D eigenvalue weighted by Gasteiger charge is 2.54. The van der Waals surface area contributed by atoms with Crippen molar-refractivity contribution in [2.75, 3.05) is 13.1 Å². The molecular formula is C14H18BrNO2S. The third kappa shape index (κ3) is 2.26. The minimum atomic E-state index is -0.584. The summed E-state index contributed by atoms with van der Waals surface area (Å²) >= 11 is 5.40. The summed E-state index contributed by atoms with van der Waals surface area (Å²) in [5.41, 5.74) is -0.460. The van der Waals surface area contributed by atoms with E-state index in [0.29, 0.717) is 5.92 Å². The number of nitrogens with zero attached hydrogens (tertiary/aromatic N) is 1. The quantitative estimate of drug-likeness (QED) is 0.912. The van der Waals surface area contributed by atoms with E-state index in [-0.39, 0.29) is 0 Å². The van der Waals surface area contributed by atoms with Crippen molar-refractivity contribution in [3.05, 3.63) is 20.3 Å². The van der Waals surface area contributed by atoms with Crippen LogP contribution in [0.25, 0.3) is 0 Å². The van der Waals surface area contributed by atoms with Crippen molar-refractivity contribution in [3.63, 3.8) is 0 Å². The van der Waals surface area contributed by atoms with E-state index in [4.69, 9.17) is 0 Å². The molecule has 0 unspecified atom stereocenters. The predicted molar refractivity (Wildman–Crippen MR) is 79.4 cm³/mol. The number of likely N-dealkylation sites (tertiary alicyclic amines) is 1. The van der Waals surface area contributed by atoms with Gasteiger partial charge in [-0.1, -0.05) is 6.42 Å². The second kappa shape index (κ2) is 4.86. The molecule has 0 radical (unpaired) electrons. The number of fused-ring (bicyclic) bond motifs is 1. The Labute approximate surface area is 125 Å². The van der Waals surface area contributed by atoms with Gasteiger partial charge in [0.15, 0.2) is 0 Å². The van der Waals surface area contributed by atoms with Crippen LogP contribution in [0.15, 0.2) is 10.5 Å². The Morgan fingerprint density at radius 1 is 1.68 bits per heavy atom. The Bertz CT molecular complexity index is 516. The van der Waals surface area contributed by atoms with Crippen LogP contribution in [-0.4, -0.2) is 29.1 Å². The lowest BCUT2D eigenvalue weighted by Gasteiger charge is -2.23. The van der Waals surface area contributed by atoms with Crippen LogP contribution in [0, 0.1) is 18.3 Å². The number of rotatable bonds is 3. The van der Waals surface area contributed by atoms with E-state index in [1.807, 2.05) is 0 Å². The van der Waals surface area contributed by atoms with E-state index in [1.54, 1.807) is 11.3 Å². The Balaban J connectivity index is 1.76. The number of halogens is 1. The Morgan fingerprint density at radius 2 is 2.47 bits per heavy atom. The average molecular weight is 344 g/mol. The zero-order valence-electron chi connectivity index (χ0n) is 11.0. The molecule has 2 heterocycles. The lowest BCUT2D eigenvalue weighted by molar-refractivity contribution is -0.149. The van der Waals surface area contributed by atoms with Crippen molar-refractivity contribution in [1.29, 1.82) is 0 Å². The summed E-state index contributed by atoms with van der Waals surface area (Å²) in [4.78, 5) is 16.6. The smallest absolute Gasteiger partial charge is 0.311 e. The van der Waals surface area contributed by atoms with Crippen LogP contribution >= 0.6 is 27.3 Å². The summed E-state index contributed by atoms with van der Waals surface area (Å²) in [7, 11) is 0. The maximum Gasteiger partial charge on any atom is 0.311 e. The highest BCUT2D eigenvalue weighted by molar-refractivity contribution is 9.10. The van der Waals surface area contributed by atoms with Gasteiger partial charge in [0.25, 0.3) is 0 Å². The molecule has 5 heteroatoms. The summed E-state index contributed by atoms with van der Waals surface area (Å²) in [6.07, 6.45) is 3.01. The molecule has 19 heavy (non-hydrogen) atoms. The topological polar surface area (TPSA) is 40.5 Å². The third-order valence-corrected chi connectivity index (χ3v) is 6.62. The molecule has 1 saturated carbocycles. The monoisotopic (exact) mass is 343 g/mol. The average Bonchev–Trinajstić information content (AvgIpc) is 2.92. The fourth-order valence-electron chi connectivity index (χ4n) is 3.71. The highest BCUT2D eigenvalue weighted by atomic mass is 79.9. The van der Waals surface area contributed by atoms with Crippen LogP contribution in [0.3, 0.4) is 0 Å². The molecule has 1 saturated heterocycles. The molecule has 2 atom stereocenters. The molecule has 104 valence electrons. The molecule has 0 spiro atoms. The van der Waals surface area contributed by atoms with Gasteiger partial charge < -0.3 is 5.11 Å². The summed E-state index contributed by atoms with van der Waals surface area (Å²) in [6, 6.07) is 2.14. The first kappa shape index (κ1) is 13.6. The summed E-state index contributed by atoms with van der Waals surface area (Å²) in [5, 5.41) is 9.58. The normalized spacial score (nSPS) is 30.7. The van der Waals surface area contributed by atoms with Crippen molar-refractivity contribution >= 4 is 33.2 Å². The van der Waals surface area contributed by atoms with Crippen LogP contribution in [0.5, 0.6) is 0 Å². The van der Waals surface area contributed by atoms with E-state index in [0.717, 1.165) is 43.4 Å². The molecule has 1 N–H and O–H groups in total. The van der Waals surface area contributed by atoms with Gasteiger partial charge in [0, 0.05) is 33.9 Å². The molecule has 1 aliphatic heterocycles. The molecule has 0 amide bonds. The number of aliphatic carboxylic acids is 1. The summed E-state index contributed by atoms with van der Waals surface area (Å²) < 4.78 is 1.16. The first-order valence-corrected chi connectivity index (χ1v) is 8.33. The van der Waals surface area contributed by atoms with Gasteiger partial charge in [0.2, 0.25) is 0 Å². The maximum atomic E-state index is 11.6. The first-order valence-electron chi connectivity index (χ1n) is 6.72. The molecule has 1 aromatic rings. The van der Waals surface area contributed by atoms with Gasteiger partial charge in [-0.25, -0.2) is 0 Å². The molecular weight excluding hydrogens is 326 g/mol. The molecule has 3 nitrogen and oxygen atoms in total. The van der Waals surface area contributed by atoms with Crippen LogP contribution in [0.2, 0.25) is 0 Å². The minimum Gasteiger partial charge on any atom is -0.481 e. The van der Waals surface area contributed by atoms with E-state index in [9.17, 15) is 9.90 Å². The van der Waals surface area contributed by atoms with Crippen LogP contribution < -0.4 is 0 Å². The van der Waals surface area contributed by atoms with Gasteiger partial charge in [-0.05, 0) is 47.7 Å². The van der Waals surface area contributed by atoms with Gasteiger partial charge in [-0.15, -0.1) is 11.3 Å². The SMILES string of the molecule is Cc1cc(Br)c(CN2C[C@@H]3CCC[C@@]3(C(=O)O)C2)s1. The van der Waals surface area contributed by atoms with Gasteiger partial charge in [0.05, 0.1) is 5.41 Å². The lowest BCUT2D eigenvalue weighted by Crippen LogP contribution is -2.35. The largest absolute Gasteiger partial charge is 0.481 e. The highest BCUT2D eigenvalue weighted by Crippen LogP contribution is 2.49. The number of carbonyl (C=O) groups is 1. The standard InChI is InChI=1S/C14H18BrNO2S/c1-9-5-11(15)12(19-9)7-16-6-10-3-2-4-14(10,8-16)13(17)18/h5,10H,2-4,6-8H2,1H3,(H,17,18)/t10-,14+/m0/s1. The molecule has 0 bridgehead atoms. The lowest BCUT2D eigenvalue weighted by atomic mass is 9.81. The van der Waals surface area contributed by atoms with Gasteiger partial charge >= 0.3 is 5.97 Å². The van der Waals surface area contributed by atoms with E-state index >= 15 is 0 Å². The molecule has 1 aliphatic carbocycles. The molecule has 3 rings (SSSR count). The molecule has 2 fully saturated rings. The van der Waals surface area contributed by atoms with Gasteiger partial charge in [0.1, 0.15) is 0 Å². The van der Waals surface area contributed by atoms with Crippen LogP contribution in [0.4, 0.5) is 0 Å². The van der Waals surface area contributed by atoms with Crippen molar-refractivity contribution in [2.45, 2.75) is 32.7 Å². The van der Waals surface area contributed by atoms with Gasteiger partial charge in [-0.3, -0.25) is 9.69 Å². The number of aryl methyl sites for hydroxylation is 1. The van der Waals surface area contributed by atoms with Crippen molar-refractivity contribution in [3.8, 4) is 0 Å². The first-order chi connectivity index (χ1) is 9.01. The predicted octanol–water partition coefficient (Wildman–Crippen LogP) is 3.51. The number of hydrogen-bond acceptors (Lipinski definition) is 3. The number of carboxylic acid groups (broad SMARTS) is 1. The molecule has 0 aromatic carbocycles. The zero-order valence-corrected chi connectivity index (χ0v) is 13.4. The van der Waals surface area contributed by atoms with E-state index in [2.05, 4.69) is 33.8 Å². The van der Waals surface area contributed by atoms with Crippen molar-refractivity contribution in [1.82, 2.24) is 4.90 Å². The fourth-order valence-corrected chi connectivity index (χ4v) is 5.54. The summed E-state index contributed by atoms with van der Waals surface area (Å²) in [5.74, 6) is -0.233. The molecule has 1 aromatic heterocycles. The van der Waals surface area contributed by atoms with Gasteiger partial charge in [-0.2, -0.15) is 0 Å². The van der Waals surface area contributed by atoms with Crippen LogP contribution in [0.1, 0.15) is 29.0 Å². The third-order valence-electron chi connectivity index (χ3n) is 4.61. The van der Waals surface area contributed by atoms with Crippen molar-refractivity contribution in [2.24, 2.45) is 11.3 Å². The number of carboxylic acids is 1. The number of hydrogen-bond donors (Lipinski definition) is 1. The van der Waals surface area contributed by atoms with Crippen LogP contribution in [-0.2, 0) is 11.3 Å². The Kier molecular flexibility index (Phi) is 3.48. The van der Waals surface area contributed by atoms with E-state index < -0.39 is 11.4 Å². The second-order valence-electron chi connectivity index (χ2n) is 5.85. The maximum absolute atomic E-state index is 11.6.